The average molecular weight is 309 g/mol. The molecule has 0 aliphatic carbocycles. The highest BCUT2D eigenvalue weighted by Crippen LogP contribution is 2.31. The second kappa shape index (κ2) is 7.56. The molecule has 0 saturated heterocycles. The Balaban J connectivity index is 2.53. The van der Waals surface area contributed by atoms with Crippen LogP contribution in [0.4, 0.5) is 13.2 Å². The lowest BCUT2D eigenvalue weighted by molar-refractivity contribution is -0.138. The number of carbonyl (C=O) groups is 1. The standard InChI is InChI=1S/C12H18F3N3OS/c1-3-5-8(6-4-2)10(19)16-7-9-17-18-11(20-9)12(13,14)15/h8H,3-7H2,1-2H3,(H,16,19). The summed E-state index contributed by atoms with van der Waals surface area (Å²) in [6.45, 7) is 3.99. The number of carbonyl (C=O) groups excluding carboxylic acids is 1. The zero-order chi connectivity index (χ0) is 15.2. The summed E-state index contributed by atoms with van der Waals surface area (Å²) in [4.78, 5) is 11.9. The first-order chi connectivity index (χ1) is 9.38. The van der Waals surface area contributed by atoms with E-state index in [0.717, 1.165) is 25.7 Å². The highest BCUT2D eigenvalue weighted by molar-refractivity contribution is 7.11. The Hall–Kier alpha value is -1.18. The monoisotopic (exact) mass is 309 g/mol. The predicted octanol–water partition coefficient (Wildman–Crippen LogP) is 3.39. The van der Waals surface area contributed by atoms with E-state index in [-0.39, 0.29) is 23.4 Å². The second-order valence-electron chi connectivity index (χ2n) is 4.49. The van der Waals surface area contributed by atoms with Gasteiger partial charge in [0.15, 0.2) is 0 Å². The van der Waals surface area contributed by atoms with Gasteiger partial charge >= 0.3 is 6.18 Å². The van der Waals surface area contributed by atoms with E-state index in [9.17, 15) is 18.0 Å². The third-order valence-corrected chi connectivity index (χ3v) is 3.74. The molecule has 0 atom stereocenters. The van der Waals surface area contributed by atoms with Crippen LogP contribution in [0.5, 0.6) is 0 Å². The Morgan fingerprint density at radius 1 is 1.25 bits per heavy atom. The molecular weight excluding hydrogens is 291 g/mol. The number of nitrogens with one attached hydrogen (secondary N) is 1. The van der Waals surface area contributed by atoms with E-state index in [1.165, 1.54) is 0 Å². The molecule has 0 bridgehead atoms. The molecule has 1 amide bonds. The van der Waals surface area contributed by atoms with Gasteiger partial charge in [0.1, 0.15) is 5.01 Å². The highest BCUT2D eigenvalue weighted by atomic mass is 32.1. The van der Waals surface area contributed by atoms with E-state index in [1.807, 2.05) is 13.8 Å². The fourth-order valence-electron chi connectivity index (χ4n) is 1.85. The Kier molecular flexibility index (Phi) is 6.38. The summed E-state index contributed by atoms with van der Waals surface area (Å²) < 4.78 is 37.0. The molecule has 0 aliphatic heterocycles. The fourth-order valence-corrected chi connectivity index (χ4v) is 2.50. The van der Waals surface area contributed by atoms with E-state index in [4.69, 9.17) is 0 Å². The Morgan fingerprint density at radius 2 is 1.85 bits per heavy atom. The molecule has 1 heterocycles. The van der Waals surface area contributed by atoms with E-state index >= 15 is 0 Å². The van der Waals surface area contributed by atoms with Crippen molar-refractivity contribution in [3.63, 3.8) is 0 Å². The molecule has 0 unspecified atom stereocenters. The van der Waals surface area contributed by atoms with Gasteiger partial charge in [-0.1, -0.05) is 38.0 Å². The number of aromatic nitrogens is 2. The van der Waals surface area contributed by atoms with E-state index in [1.54, 1.807) is 0 Å². The summed E-state index contributed by atoms with van der Waals surface area (Å²) in [5.74, 6) is -0.211. The molecule has 1 aromatic heterocycles. The Bertz CT molecular complexity index is 428. The van der Waals surface area contributed by atoms with Crippen molar-refractivity contribution in [1.82, 2.24) is 15.5 Å². The van der Waals surface area contributed by atoms with Gasteiger partial charge < -0.3 is 5.32 Å². The molecule has 20 heavy (non-hydrogen) atoms. The van der Waals surface area contributed by atoms with Gasteiger partial charge in [-0.15, -0.1) is 10.2 Å². The number of halogens is 3. The van der Waals surface area contributed by atoms with E-state index < -0.39 is 11.2 Å². The van der Waals surface area contributed by atoms with E-state index in [0.29, 0.717) is 11.3 Å². The van der Waals surface area contributed by atoms with Gasteiger partial charge in [0.05, 0.1) is 6.54 Å². The lowest BCUT2D eigenvalue weighted by Gasteiger charge is -2.14. The summed E-state index contributed by atoms with van der Waals surface area (Å²) in [5, 5.41) is 8.33. The lowest BCUT2D eigenvalue weighted by atomic mass is 9.97. The SMILES string of the molecule is CCCC(CCC)C(=O)NCc1nnc(C(F)(F)F)s1. The van der Waals surface area contributed by atoms with Crippen molar-refractivity contribution in [3.8, 4) is 0 Å². The lowest BCUT2D eigenvalue weighted by Crippen LogP contribution is -2.30. The van der Waals surface area contributed by atoms with Crippen LogP contribution in [0.15, 0.2) is 0 Å². The number of alkyl halides is 3. The van der Waals surface area contributed by atoms with Crippen molar-refractivity contribution in [2.75, 3.05) is 0 Å². The maximum Gasteiger partial charge on any atom is 0.445 e. The topological polar surface area (TPSA) is 54.9 Å². The molecule has 1 N–H and O–H groups in total. The number of hydrogen-bond donors (Lipinski definition) is 1. The maximum atomic E-state index is 12.3. The number of hydrogen-bond acceptors (Lipinski definition) is 4. The van der Waals surface area contributed by atoms with Crippen molar-refractivity contribution >= 4 is 17.2 Å². The van der Waals surface area contributed by atoms with Crippen LogP contribution in [0.3, 0.4) is 0 Å². The van der Waals surface area contributed by atoms with Gasteiger partial charge in [-0.3, -0.25) is 4.79 Å². The molecule has 0 saturated carbocycles. The summed E-state index contributed by atoms with van der Waals surface area (Å²) in [6, 6.07) is 0. The summed E-state index contributed by atoms with van der Waals surface area (Å²) in [6.07, 6.45) is -1.12. The van der Waals surface area contributed by atoms with Crippen molar-refractivity contribution in [2.24, 2.45) is 5.92 Å². The van der Waals surface area contributed by atoms with Crippen LogP contribution in [0.25, 0.3) is 0 Å². The third kappa shape index (κ3) is 5.07. The molecule has 0 aromatic carbocycles. The van der Waals surface area contributed by atoms with Gasteiger partial charge in [0, 0.05) is 5.92 Å². The number of nitrogens with zero attached hydrogens (tertiary/aromatic N) is 2. The summed E-state index contributed by atoms with van der Waals surface area (Å²) in [5.41, 5.74) is 0. The minimum Gasteiger partial charge on any atom is -0.349 e. The minimum atomic E-state index is -4.48. The number of rotatable bonds is 7. The highest BCUT2D eigenvalue weighted by Gasteiger charge is 2.35. The molecular formula is C12H18F3N3OS. The quantitative estimate of drug-likeness (QED) is 0.840. The van der Waals surface area contributed by atoms with Crippen molar-refractivity contribution in [1.29, 1.82) is 0 Å². The third-order valence-electron chi connectivity index (χ3n) is 2.77. The first-order valence-corrected chi connectivity index (χ1v) is 7.37. The first kappa shape index (κ1) is 16.9. The first-order valence-electron chi connectivity index (χ1n) is 6.55. The van der Waals surface area contributed by atoms with Crippen LogP contribution in [-0.2, 0) is 17.5 Å². The normalized spacial score (nSPS) is 11.9. The van der Waals surface area contributed by atoms with Crippen LogP contribution in [0, 0.1) is 5.92 Å². The smallest absolute Gasteiger partial charge is 0.349 e. The molecule has 0 aliphatic rings. The molecule has 0 spiro atoms. The zero-order valence-corrected chi connectivity index (χ0v) is 12.3. The minimum absolute atomic E-state index is 0.00346. The zero-order valence-electron chi connectivity index (χ0n) is 11.5. The van der Waals surface area contributed by atoms with Crippen LogP contribution in [0.2, 0.25) is 0 Å². The summed E-state index contributed by atoms with van der Waals surface area (Å²) in [7, 11) is 0. The van der Waals surface area contributed by atoms with E-state index in [2.05, 4.69) is 15.5 Å². The molecule has 4 nitrogen and oxygen atoms in total. The average Bonchev–Trinajstić information content (AvgIpc) is 2.84. The van der Waals surface area contributed by atoms with Crippen molar-refractivity contribution in [2.45, 2.75) is 52.3 Å². The number of amides is 1. The fraction of sp³-hybridized carbons (Fsp3) is 0.750. The van der Waals surface area contributed by atoms with Gasteiger partial charge in [-0.25, -0.2) is 0 Å². The molecule has 0 fully saturated rings. The Morgan fingerprint density at radius 3 is 2.30 bits per heavy atom. The van der Waals surface area contributed by atoms with Gasteiger partial charge in [-0.05, 0) is 12.8 Å². The molecule has 0 radical (unpaired) electrons. The summed E-state index contributed by atoms with van der Waals surface area (Å²) >= 11 is 0.458. The van der Waals surface area contributed by atoms with Crippen LogP contribution in [0.1, 0.15) is 49.5 Å². The largest absolute Gasteiger partial charge is 0.445 e. The van der Waals surface area contributed by atoms with Crippen molar-refractivity contribution < 1.29 is 18.0 Å². The van der Waals surface area contributed by atoms with Crippen LogP contribution < -0.4 is 5.32 Å². The molecule has 1 aromatic rings. The predicted molar refractivity (Wildman–Crippen MR) is 70.1 cm³/mol. The molecule has 1 rings (SSSR count). The van der Waals surface area contributed by atoms with Gasteiger partial charge in [-0.2, -0.15) is 13.2 Å². The molecule has 8 heteroatoms. The van der Waals surface area contributed by atoms with Crippen LogP contribution >= 0.6 is 11.3 Å². The Labute approximate surface area is 119 Å². The van der Waals surface area contributed by atoms with Gasteiger partial charge in [0.25, 0.3) is 0 Å². The van der Waals surface area contributed by atoms with Crippen LogP contribution in [-0.4, -0.2) is 16.1 Å². The maximum absolute atomic E-state index is 12.3. The molecule has 114 valence electrons. The van der Waals surface area contributed by atoms with Crippen molar-refractivity contribution in [3.05, 3.63) is 10.0 Å². The second-order valence-corrected chi connectivity index (χ2v) is 5.55. The van der Waals surface area contributed by atoms with Gasteiger partial charge in [0.2, 0.25) is 10.9 Å².